The predicted molar refractivity (Wildman–Crippen MR) is 71.5 cm³/mol. The Hall–Kier alpha value is -0.0800. The summed E-state index contributed by atoms with van der Waals surface area (Å²) in [6.45, 7) is 10.1. The van der Waals surface area contributed by atoms with Crippen molar-refractivity contribution in [3.63, 3.8) is 0 Å². The van der Waals surface area contributed by atoms with Crippen molar-refractivity contribution in [1.29, 1.82) is 0 Å². The summed E-state index contributed by atoms with van der Waals surface area (Å²) in [6.07, 6.45) is 5.34. The molecule has 0 aliphatic heterocycles. The van der Waals surface area contributed by atoms with Gasteiger partial charge in [0.1, 0.15) is 0 Å². The van der Waals surface area contributed by atoms with Gasteiger partial charge >= 0.3 is 0 Å². The van der Waals surface area contributed by atoms with Gasteiger partial charge in [0.15, 0.2) is 0 Å². The van der Waals surface area contributed by atoms with Gasteiger partial charge in [-0.2, -0.15) is 0 Å². The first-order chi connectivity index (χ1) is 7.45. The Bertz CT molecular complexity index is 215. The number of rotatable bonds is 4. The number of nitrogens with zero attached hydrogens (tertiary/aromatic N) is 1. The van der Waals surface area contributed by atoms with E-state index >= 15 is 0 Å². The maximum absolute atomic E-state index is 6.13. The van der Waals surface area contributed by atoms with Crippen molar-refractivity contribution in [1.82, 2.24) is 4.90 Å². The molecule has 0 amide bonds. The lowest BCUT2D eigenvalue weighted by molar-refractivity contribution is -0.00551. The third kappa shape index (κ3) is 2.43. The zero-order chi connectivity index (χ0) is 12.3. The van der Waals surface area contributed by atoms with Crippen molar-refractivity contribution in [3.8, 4) is 0 Å². The summed E-state index contributed by atoms with van der Waals surface area (Å²) in [5, 5.41) is 0. The van der Waals surface area contributed by atoms with Crippen molar-refractivity contribution in [2.24, 2.45) is 17.6 Å². The first-order valence-electron chi connectivity index (χ1n) is 6.88. The minimum absolute atomic E-state index is 0.252. The average molecular weight is 226 g/mol. The Kier molecular flexibility index (Phi) is 4.81. The molecule has 3 unspecified atom stereocenters. The van der Waals surface area contributed by atoms with Crippen LogP contribution in [-0.4, -0.2) is 30.1 Å². The SMILES string of the molecule is CC(C)C(C)N(C)C1(CN)CCCCC1C. The molecular weight excluding hydrogens is 196 g/mol. The lowest BCUT2D eigenvalue weighted by Gasteiger charge is -2.51. The predicted octanol–water partition coefficient (Wildman–Crippen LogP) is 2.87. The second kappa shape index (κ2) is 5.50. The van der Waals surface area contributed by atoms with Crippen LogP contribution in [0.2, 0.25) is 0 Å². The minimum Gasteiger partial charge on any atom is -0.329 e. The molecular formula is C14H30N2. The molecule has 96 valence electrons. The van der Waals surface area contributed by atoms with Crippen LogP contribution in [-0.2, 0) is 0 Å². The van der Waals surface area contributed by atoms with Gasteiger partial charge in [0.2, 0.25) is 0 Å². The fourth-order valence-corrected chi connectivity index (χ4v) is 3.22. The monoisotopic (exact) mass is 226 g/mol. The molecule has 2 N–H and O–H groups in total. The largest absolute Gasteiger partial charge is 0.329 e. The zero-order valence-corrected chi connectivity index (χ0v) is 11.8. The molecule has 3 atom stereocenters. The molecule has 0 heterocycles. The van der Waals surface area contributed by atoms with Crippen LogP contribution < -0.4 is 5.73 Å². The highest BCUT2D eigenvalue weighted by atomic mass is 15.2. The normalized spacial score (nSPS) is 33.4. The highest BCUT2D eigenvalue weighted by Crippen LogP contribution is 2.38. The van der Waals surface area contributed by atoms with E-state index in [0.717, 1.165) is 12.5 Å². The Labute approximate surface area is 102 Å². The van der Waals surface area contributed by atoms with Crippen molar-refractivity contribution in [3.05, 3.63) is 0 Å². The maximum Gasteiger partial charge on any atom is 0.0357 e. The van der Waals surface area contributed by atoms with Crippen LogP contribution >= 0.6 is 0 Å². The van der Waals surface area contributed by atoms with Crippen LogP contribution in [0.4, 0.5) is 0 Å². The zero-order valence-electron chi connectivity index (χ0n) is 11.8. The molecule has 0 saturated heterocycles. The van der Waals surface area contributed by atoms with Gasteiger partial charge in [0.05, 0.1) is 0 Å². The van der Waals surface area contributed by atoms with Crippen LogP contribution in [0.15, 0.2) is 0 Å². The van der Waals surface area contributed by atoms with E-state index in [4.69, 9.17) is 5.73 Å². The number of likely N-dealkylation sites (N-methyl/N-ethyl adjacent to an activating group) is 1. The summed E-state index contributed by atoms with van der Waals surface area (Å²) < 4.78 is 0. The summed E-state index contributed by atoms with van der Waals surface area (Å²) in [5.41, 5.74) is 6.38. The Balaban J connectivity index is 2.85. The molecule has 0 spiro atoms. The van der Waals surface area contributed by atoms with E-state index in [0.29, 0.717) is 12.0 Å². The third-order valence-electron chi connectivity index (χ3n) is 5.05. The van der Waals surface area contributed by atoms with Gasteiger partial charge in [-0.1, -0.05) is 33.6 Å². The van der Waals surface area contributed by atoms with Crippen LogP contribution in [0.3, 0.4) is 0 Å². The van der Waals surface area contributed by atoms with E-state index in [2.05, 4.69) is 39.6 Å². The second-order valence-electron chi connectivity index (χ2n) is 6.05. The summed E-state index contributed by atoms with van der Waals surface area (Å²) in [5.74, 6) is 1.43. The van der Waals surface area contributed by atoms with Crippen LogP contribution in [0.1, 0.15) is 53.4 Å². The van der Waals surface area contributed by atoms with Gasteiger partial charge in [-0.05, 0) is 38.6 Å². The lowest BCUT2D eigenvalue weighted by atomic mass is 9.71. The molecule has 0 bridgehead atoms. The van der Waals surface area contributed by atoms with Gasteiger partial charge in [-0.3, -0.25) is 4.90 Å². The summed E-state index contributed by atoms with van der Waals surface area (Å²) in [6, 6.07) is 0.615. The standard InChI is InChI=1S/C14H30N2/c1-11(2)13(4)16(5)14(10-15)9-7-6-8-12(14)3/h11-13H,6-10,15H2,1-5H3. The molecule has 1 saturated carbocycles. The fraction of sp³-hybridized carbons (Fsp3) is 1.00. The summed E-state index contributed by atoms with van der Waals surface area (Å²) >= 11 is 0. The molecule has 1 aliphatic rings. The van der Waals surface area contributed by atoms with Crippen LogP contribution in [0.25, 0.3) is 0 Å². The van der Waals surface area contributed by atoms with E-state index in [1.807, 2.05) is 0 Å². The number of nitrogens with two attached hydrogens (primary N) is 1. The first kappa shape index (κ1) is 14.0. The Morgan fingerprint density at radius 3 is 2.38 bits per heavy atom. The van der Waals surface area contributed by atoms with Gasteiger partial charge in [0, 0.05) is 18.1 Å². The fourth-order valence-electron chi connectivity index (χ4n) is 3.22. The van der Waals surface area contributed by atoms with Crippen molar-refractivity contribution < 1.29 is 0 Å². The minimum atomic E-state index is 0.252. The third-order valence-corrected chi connectivity index (χ3v) is 5.05. The van der Waals surface area contributed by atoms with Gasteiger partial charge in [0.25, 0.3) is 0 Å². The molecule has 16 heavy (non-hydrogen) atoms. The number of hydrogen-bond donors (Lipinski definition) is 1. The molecule has 2 heteroatoms. The average Bonchev–Trinajstić information content (AvgIpc) is 2.28. The maximum atomic E-state index is 6.13. The Morgan fingerprint density at radius 1 is 1.31 bits per heavy atom. The molecule has 2 nitrogen and oxygen atoms in total. The van der Waals surface area contributed by atoms with Gasteiger partial charge in [-0.25, -0.2) is 0 Å². The second-order valence-corrected chi connectivity index (χ2v) is 6.05. The molecule has 0 aromatic carbocycles. The number of hydrogen-bond acceptors (Lipinski definition) is 2. The van der Waals surface area contributed by atoms with Crippen LogP contribution in [0, 0.1) is 11.8 Å². The molecule has 0 radical (unpaired) electrons. The van der Waals surface area contributed by atoms with E-state index in [-0.39, 0.29) is 5.54 Å². The molecule has 0 aromatic heterocycles. The summed E-state index contributed by atoms with van der Waals surface area (Å²) in [7, 11) is 2.28. The van der Waals surface area contributed by atoms with Gasteiger partial charge < -0.3 is 5.73 Å². The first-order valence-corrected chi connectivity index (χ1v) is 6.88. The van der Waals surface area contributed by atoms with Crippen molar-refractivity contribution >= 4 is 0 Å². The summed E-state index contributed by atoms with van der Waals surface area (Å²) in [4.78, 5) is 2.57. The van der Waals surface area contributed by atoms with Crippen molar-refractivity contribution in [2.45, 2.75) is 65.0 Å². The highest BCUT2D eigenvalue weighted by Gasteiger charge is 2.42. The van der Waals surface area contributed by atoms with Gasteiger partial charge in [-0.15, -0.1) is 0 Å². The molecule has 1 fully saturated rings. The van der Waals surface area contributed by atoms with E-state index < -0.39 is 0 Å². The Morgan fingerprint density at radius 2 is 1.94 bits per heavy atom. The smallest absolute Gasteiger partial charge is 0.0357 e. The van der Waals surface area contributed by atoms with E-state index in [1.54, 1.807) is 0 Å². The lowest BCUT2D eigenvalue weighted by Crippen LogP contribution is -2.61. The quantitative estimate of drug-likeness (QED) is 0.798. The van der Waals surface area contributed by atoms with Crippen LogP contribution in [0.5, 0.6) is 0 Å². The van der Waals surface area contributed by atoms with E-state index in [1.165, 1.54) is 25.7 Å². The molecule has 1 aliphatic carbocycles. The topological polar surface area (TPSA) is 29.3 Å². The highest BCUT2D eigenvalue weighted by molar-refractivity contribution is 4.99. The molecule has 1 rings (SSSR count). The van der Waals surface area contributed by atoms with Crippen molar-refractivity contribution in [2.75, 3.05) is 13.6 Å². The molecule has 0 aromatic rings. The van der Waals surface area contributed by atoms with E-state index in [9.17, 15) is 0 Å².